The Morgan fingerprint density at radius 1 is 1.19 bits per heavy atom. The number of aliphatic imine (C=N–C) groups is 1. The van der Waals surface area contributed by atoms with Gasteiger partial charge in [0.2, 0.25) is 5.88 Å². The maximum Gasteiger partial charge on any atom is 0.213 e. The minimum Gasteiger partial charge on any atom is -0.477 e. The zero-order valence-corrected chi connectivity index (χ0v) is 17.3. The van der Waals surface area contributed by atoms with Crippen LogP contribution in [-0.2, 0) is 13.1 Å². The van der Waals surface area contributed by atoms with Gasteiger partial charge in [0.1, 0.15) is 0 Å². The molecule has 7 heteroatoms. The van der Waals surface area contributed by atoms with Gasteiger partial charge in [0.25, 0.3) is 0 Å². The van der Waals surface area contributed by atoms with Crippen molar-refractivity contribution in [2.75, 3.05) is 13.2 Å². The molecule has 3 rings (SSSR count). The van der Waals surface area contributed by atoms with Crippen LogP contribution in [0.4, 0.5) is 0 Å². The number of aromatic nitrogens is 2. The van der Waals surface area contributed by atoms with E-state index in [1.165, 1.54) is 12.8 Å². The summed E-state index contributed by atoms with van der Waals surface area (Å²) >= 11 is 0. The molecule has 2 N–H and O–H groups in total. The van der Waals surface area contributed by atoms with Crippen LogP contribution in [-0.4, -0.2) is 29.1 Å². The molecule has 1 aliphatic carbocycles. The zero-order valence-electron chi connectivity index (χ0n) is 15.0. The second-order valence-corrected chi connectivity index (χ2v) is 6.13. The van der Waals surface area contributed by atoms with E-state index >= 15 is 0 Å². The van der Waals surface area contributed by atoms with E-state index < -0.39 is 0 Å². The summed E-state index contributed by atoms with van der Waals surface area (Å²) in [5.41, 5.74) is 2.06. The second-order valence-electron chi connectivity index (χ2n) is 6.13. The van der Waals surface area contributed by atoms with Gasteiger partial charge >= 0.3 is 0 Å². The van der Waals surface area contributed by atoms with Crippen LogP contribution in [0.25, 0.3) is 0 Å². The van der Waals surface area contributed by atoms with E-state index in [1.807, 2.05) is 37.3 Å². The number of nitrogens with one attached hydrogen (secondary N) is 2. The molecule has 0 aliphatic heterocycles. The first kappa shape index (κ1) is 20.4. The second kappa shape index (κ2) is 10.9. The first-order chi connectivity index (χ1) is 12.3. The van der Waals surface area contributed by atoms with Crippen molar-refractivity contribution in [1.82, 2.24) is 20.6 Å². The lowest BCUT2D eigenvalue weighted by Crippen LogP contribution is -2.37. The number of hydrogen-bond acceptors (Lipinski definition) is 4. The first-order valence-electron chi connectivity index (χ1n) is 8.83. The van der Waals surface area contributed by atoms with Crippen LogP contribution in [0.2, 0.25) is 0 Å². The molecule has 0 amide bonds. The normalized spacial score (nSPS) is 13.7. The van der Waals surface area contributed by atoms with Gasteiger partial charge in [0.15, 0.2) is 5.96 Å². The maximum absolute atomic E-state index is 5.73. The van der Waals surface area contributed by atoms with E-state index in [4.69, 9.17) is 4.74 Å². The molecule has 0 saturated heterocycles. The topological polar surface area (TPSA) is 71.4 Å². The monoisotopic (exact) mass is 467 g/mol. The average molecular weight is 467 g/mol. The van der Waals surface area contributed by atoms with Gasteiger partial charge in [-0.05, 0) is 49.4 Å². The van der Waals surface area contributed by atoms with Crippen molar-refractivity contribution in [2.45, 2.75) is 32.9 Å². The van der Waals surface area contributed by atoms with Crippen molar-refractivity contribution in [3.05, 3.63) is 54.0 Å². The molecule has 26 heavy (non-hydrogen) atoms. The number of rotatable bonds is 8. The van der Waals surface area contributed by atoms with Crippen molar-refractivity contribution in [2.24, 2.45) is 10.9 Å². The third kappa shape index (κ3) is 7.15. The van der Waals surface area contributed by atoms with Crippen molar-refractivity contribution < 1.29 is 4.74 Å². The molecular weight excluding hydrogens is 441 g/mol. The van der Waals surface area contributed by atoms with Crippen LogP contribution in [0, 0.1) is 5.92 Å². The van der Waals surface area contributed by atoms with Crippen LogP contribution >= 0.6 is 24.0 Å². The van der Waals surface area contributed by atoms with Crippen molar-refractivity contribution in [3.63, 3.8) is 0 Å². The summed E-state index contributed by atoms with van der Waals surface area (Å²) in [5.74, 6) is 2.18. The highest BCUT2D eigenvalue weighted by Crippen LogP contribution is 2.29. The van der Waals surface area contributed by atoms with Gasteiger partial charge in [0.05, 0.1) is 25.4 Å². The number of hydrogen-bond donors (Lipinski definition) is 2. The van der Waals surface area contributed by atoms with Gasteiger partial charge in [-0.25, -0.2) is 9.98 Å². The molecule has 1 fully saturated rings. The van der Waals surface area contributed by atoms with Gasteiger partial charge in [-0.3, -0.25) is 4.98 Å². The van der Waals surface area contributed by atoms with Crippen LogP contribution in [0.3, 0.4) is 0 Å². The van der Waals surface area contributed by atoms with Gasteiger partial charge < -0.3 is 15.4 Å². The highest BCUT2D eigenvalue weighted by atomic mass is 127. The predicted molar refractivity (Wildman–Crippen MR) is 114 cm³/mol. The van der Waals surface area contributed by atoms with Crippen LogP contribution < -0.4 is 15.4 Å². The third-order valence-corrected chi connectivity index (χ3v) is 3.89. The molecule has 0 atom stereocenters. The molecule has 0 radical (unpaired) electrons. The summed E-state index contributed by atoms with van der Waals surface area (Å²) in [6.07, 6.45) is 6.12. The Morgan fingerprint density at radius 2 is 2.08 bits per heavy atom. The lowest BCUT2D eigenvalue weighted by Gasteiger charge is -2.11. The minimum absolute atomic E-state index is 0. The number of halogens is 1. The highest BCUT2D eigenvalue weighted by Gasteiger charge is 2.22. The van der Waals surface area contributed by atoms with Gasteiger partial charge in [-0.1, -0.05) is 6.07 Å². The molecule has 0 spiro atoms. The van der Waals surface area contributed by atoms with Crippen LogP contribution in [0.5, 0.6) is 5.88 Å². The summed E-state index contributed by atoms with van der Waals surface area (Å²) in [6, 6.07) is 9.82. The summed E-state index contributed by atoms with van der Waals surface area (Å²) in [4.78, 5) is 13.2. The number of ether oxygens (including phenoxy) is 1. The molecule has 140 valence electrons. The van der Waals surface area contributed by atoms with E-state index in [2.05, 4.69) is 25.6 Å². The quantitative estimate of drug-likeness (QED) is 0.355. The fraction of sp³-hybridized carbons (Fsp3) is 0.421. The van der Waals surface area contributed by atoms with E-state index in [9.17, 15) is 0 Å². The SMILES string of the molecule is CCNC(=NCc1ccnc(OCC2CC2)c1)NCc1ccccn1.I. The van der Waals surface area contributed by atoms with Gasteiger partial charge in [-0.2, -0.15) is 0 Å². The van der Waals surface area contributed by atoms with E-state index in [1.54, 1.807) is 12.4 Å². The molecule has 2 aromatic heterocycles. The fourth-order valence-corrected chi connectivity index (χ4v) is 2.30. The Bertz CT molecular complexity index is 691. The standard InChI is InChI=1S/C19H25N5O.HI/c1-2-20-19(24-13-17-5-3-4-9-21-17)23-12-16-8-10-22-18(11-16)25-14-15-6-7-15;/h3-5,8-11,15H,2,6-7,12-14H2,1H3,(H2,20,23,24);1H. The van der Waals surface area contributed by atoms with Crippen molar-refractivity contribution >= 4 is 29.9 Å². The zero-order chi connectivity index (χ0) is 17.3. The largest absolute Gasteiger partial charge is 0.477 e. The van der Waals surface area contributed by atoms with Crippen LogP contribution in [0.15, 0.2) is 47.7 Å². The summed E-state index contributed by atoms with van der Waals surface area (Å²) in [7, 11) is 0. The van der Waals surface area contributed by atoms with Crippen LogP contribution in [0.1, 0.15) is 31.0 Å². The van der Waals surface area contributed by atoms with Gasteiger partial charge in [-0.15, -0.1) is 24.0 Å². The molecule has 2 aromatic rings. The summed E-state index contributed by atoms with van der Waals surface area (Å²) < 4.78 is 5.73. The maximum atomic E-state index is 5.73. The van der Waals surface area contributed by atoms with Crippen molar-refractivity contribution in [3.8, 4) is 5.88 Å². The lowest BCUT2D eigenvalue weighted by atomic mass is 10.3. The number of guanidine groups is 1. The molecule has 6 nitrogen and oxygen atoms in total. The van der Waals surface area contributed by atoms with Gasteiger partial charge in [0, 0.05) is 25.0 Å². The molecule has 1 aliphatic rings. The molecule has 0 bridgehead atoms. The molecule has 0 aromatic carbocycles. The Morgan fingerprint density at radius 3 is 2.81 bits per heavy atom. The molecule has 0 unspecified atom stereocenters. The Balaban J connectivity index is 0.00000243. The lowest BCUT2D eigenvalue weighted by molar-refractivity contribution is 0.288. The third-order valence-electron chi connectivity index (χ3n) is 3.89. The Labute approximate surface area is 171 Å². The fourth-order valence-electron chi connectivity index (χ4n) is 2.30. The predicted octanol–water partition coefficient (Wildman–Crippen LogP) is 3.14. The molecule has 1 saturated carbocycles. The smallest absolute Gasteiger partial charge is 0.213 e. The Hall–Kier alpha value is -1.90. The number of nitrogens with zero attached hydrogens (tertiary/aromatic N) is 3. The van der Waals surface area contributed by atoms with E-state index in [0.717, 1.165) is 36.3 Å². The molecule has 2 heterocycles. The van der Waals surface area contributed by atoms with E-state index in [0.29, 0.717) is 19.0 Å². The van der Waals surface area contributed by atoms with E-state index in [-0.39, 0.29) is 24.0 Å². The van der Waals surface area contributed by atoms with Crippen molar-refractivity contribution in [1.29, 1.82) is 0 Å². The summed E-state index contributed by atoms with van der Waals surface area (Å²) in [6.45, 7) is 4.83. The first-order valence-corrected chi connectivity index (χ1v) is 8.83. The highest BCUT2D eigenvalue weighted by molar-refractivity contribution is 14.0. The Kier molecular flexibility index (Phi) is 8.60. The summed E-state index contributed by atoms with van der Waals surface area (Å²) in [5, 5.41) is 6.55. The minimum atomic E-state index is 0. The molecular formula is C19H26IN5O. The average Bonchev–Trinajstić information content (AvgIpc) is 3.48. The number of pyridine rings is 2.